The van der Waals surface area contributed by atoms with E-state index >= 15 is 0 Å². The van der Waals surface area contributed by atoms with Crippen LogP contribution in [0.25, 0.3) is 0 Å². The number of rotatable bonds is 5. The van der Waals surface area contributed by atoms with E-state index in [1.165, 1.54) is 13.8 Å². The molecule has 0 heterocycles. The van der Waals surface area contributed by atoms with E-state index in [0.717, 1.165) is 28.8 Å². The molecule has 1 aromatic rings. The van der Waals surface area contributed by atoms with Crippen molar-refractivity contribution in [1.82, 2.24) is 4.31 Å². The summed E-state index contributed by atoms with van der Waals surface area (Å²) in [7, 11) is -7.98. The smallest absolute Gasteiger partial charge is 0.224 e. The molecule has 0 fully saturated rings. The molecule has 0 bridgehead atoms. The second-order valence-corrected chi connectivity index (χ2v) is 8.54. The molecule has 9 heteroatoms. The second-order valence-electron chi connectivity index (χ2n) is 4.67. The molecule has 0 radical (unpaired) electrons. The summed E-state index contributed by atoms with van der Waals surface area (Å²) in [6.07, 6.45) is 0.895. The van der Waals surface area contributed by atoms with Gasteiger partial charge >= 0.3 is 0 Å². The normalized spacial score (nSPS) is 12.6. The van der Waals surface area contributed by atoms with Gasteiger partial charge in [-0.2, -0.15) is 9.57 Å². The Morgan fingerprint density at radius 3 is 2.29 bits per heavy atom. The molecule has 6 nitrogen and oxygen atoms in total. The molecular weight excluding hydrogens is 319 g/mol. The highest BCUT2D eigenvalue weighted by atomic mass is 32.2. The zero-order chi connectivity index (χ0) is 16.4. The predicted octanol–water partition coefficient (Wildman–Crippen LogP) is 1.15. The van der Waals surface area contributed by atoms with Crippen molar-refractivity contribution in [3.63, 3.8) is 0 Å². The highest BCUT2D eigenvalue weighted by molar-refractivity contribution is 7.91. The number of nitriles is 1. The number of hydrogen-bond donors (Lipinski definition) is 0. The lowest BCUT2D eigenvalue weighted by molar-refractivity contribution is 0.382. The van der Waals surface area contributed by atoms with Gasteiger partial charge in [0.25, 0.3) is 0 Å². The number of hydrogen-bond acceptors (Lipinski definition) is 5. The summed E-state index contributed by atoms with van der Waals surface area (Å²) in [5, 5.41) is 8.70. The highest BCUT2D eigenvalue weighted by Crippen LogP contribution is 2.24. The Kier molecular flexibility index (Phi) is 5.09. The van der Waals surface area contributed by atoms with Gasteiger partial charge in [-0.15, -0.1) is 0 Å². The van der Waals surface area contributed by atoms with Crippen LogP contribution in [0, 0.1) is 17.1 Å². The minimum atomic E-state index is -4.30. The van der Waals surface area contributed by atoms with Crippen LogP contribution in [0.2, 0.25) is 0 Å². The van der Waals surface area contributed by atoms with Crippen molar-refractivity contribution < 1.29 is 21.2 Å². The Bertz CT molecular complexity index is 780. The fourth-order valence-electron chi connectivity index (χ4n) is 1.65. The summed E-state index contributed by atoms with van der Waals surface area (Å²) in [5.74, 6) is -1.06. The monoisotopic (exact) mass is 334 g/mol. The molecule has 0 aliphatic carbocycles. The first-order valence-electron chi connectivity index (χ1n) is 5.90. The fourth-order valence-corrected chi connectivity index (χ4v) is 4.00. The average Bonchev–Trinajstić information content (AvgIpc) is 2.34. The lowest BCUT2D eigenvalue weighted by Crippen LogP contribution is -2.37. The molecule has 0 atom stereocenters. The van der Waals surface area contributed by atoms with Gasteiger partial charge in [0.05, 0.1) is 11.0 Å². The first kappa shape index (κ1) is 17.6. The molecule has 0 saturated heterocycles. The van der Waals surface area contributed by atoms with E-state index in [1.807, 2.05) is 0 Å². The largest absolute Gasteiger partial charge is 0.247 e. The molecule has 0 aliphatic rings. The molecule has 0 N–H and O–H groups in total. The van der Waals surface area contributed by atoms with Gasteiger partial charge in [-0.1, -0.05) is 0 Å². The van der Waals surface area contributed by atoms with Crippen molar-refractivity contribution in [1.29, 1.82) is 5.26 Å². The van der Waals surface area contributed by atoms with Crippen molar-refractivity contribution in [2.24, 2.45) is 0 Å². The van der Waals surface area contributed by atoms with Crippen molar-refractivity contribution in [2.45, 2.75) is 29.7 Å². The first-order chi connectivity index (χ1) is 9.51. The van der Waals surface area contributed by atoms with E-state index in [1.54, 1.807) is 6.07 Å². The Hall–Kier alpha value is -1.50. The Balaban J connectivity index is 3.55. The lowest BCUT2D eigenvalue weighted by atomic mass is 10.3. The third kappa shape index (κ3) is 3.78. The van der Waals surface area contributed by atoms with Crippen LogP contribution in [0.1, 0.15) is 13.8 Å². The van der Waals surface area contributed by atoms with Crippen LogP contribution in [0.4, 0.5) is 4.39 Å². The van der Waals surface area contributed by atoms with Gasteiger partial charge in [0.1, 0.15) is 17.3 Å². The van der Waals surface area contributed by atoms with Crippen LogP contribution in [-0.4, -0.2) is 40.0 Å². The van der Waals surface area contributed by atoms with E-state index < -0.39 is 43.2 Å². The van der Waals surface area contributed by atoms with E-state index in [0.29, 0.717) is 0 Å². The van der Waals surface area contributed by atoms with E-state index in [2.05, 4.69) is 0 Å². The van der Waals surface area contributed by atoms with E-state index in [-0.39, 0.29) is 4.90 Å². The van der Waals surface area contributed by atoms with E-state index in [4.69, 9.17) is 5.26 Å². The van der Waals surface area contributed by atoms with Crippen LogP contribution in [0.3, 0.4) is 0 Å². The summed E-state index contributed by atoms with van der Waals surface area (Å²) < 4.78 is 62.4. The number of sulfonamides is 1. The summed E-state index contributed by atoms with van der Waals surface area (Å²) >= 11 is 0. The quantitative estimate of drug-likeness (QED) is 0.594. The van der Waals surface area contributed by atoms with Gasteiger partial charge < -0.3 is 0 Å². The Morgan fingerprint density at radius 2 is 1.86 bits per heavy atom. The lowest BCUT2D eigenvalue weighted by Gasteiger charge is -2.23. The Labute approximate surface area is 123 Å². The SMILES string of the molecule is CC(C)N(CC#N)S(=O)(=O)c1cc(S(C)(=O)=O)ccc1F. The molecule has 0 saturated carbocycles. The maximum absolute atomic E-state index is 13.8. The molecule has 0 aliphatic heterocycles. The summed E-state index contributed by atoms with van der Waals surface area (Å²) in [6.45, 7) is 2.61. The third-order valence-electron chi connectivity index (χ3n) is 2.72. The van der Waals surface area contributed by atoms with Crippen LogP contribution < -0.4 is 0 Å². The molecular formula is C12H15FN2O4S2. The molecule has 0 amide bonds. The second kappa shape index (κ2) is 6.09. The number of sulfone groups is 1. The zero-order valence-corrected chi connectivity index (χ0v) is 13.4. The fraction of sp³-hybridized carbons (Fsp3) is 0.417. The molecule has 116 valence electrons. The summed E-state index contributed by atoms with van der Waals surface area (Å²) in [4.78, 5) is -1.06. The van der Waals surface area contributed by atoms with Crippen molar-refractivity contribution in [2.75, 3.05) is 12.8 Å². The van der Waals surface area contributed by atoms with E-state index in [9.17, 15) is 21.2 Å². The maximum atomic E-state index is 13.8. The third-order valence-corrected chi connectivity index (χ3v) is 5.87. The maximum Gasteiger partial charge on any atom is 0.247 e. The van der Waals surface area contributed by atoms with Crippen molar-refractivity contribution in [3.05, 3.63) is 24.0 Å². The van der Waals surface area contributed by atoms with Gasteiger partial charge in [0.15, 0.2) is 9.84 Å². The van der Waals surface area contributed by atoms with Crippen LogP contribution >= 0.6 is 0 Å². The van der Waals surface area contributed by atoms with Gasteiger partial charge in [-0.25, -0.2) is 21.2 Å². The Morgan fingerprint density at radius 1 is 1.29 bits per heavy atom. The first-order valence-corrected chi connectivity index (χ1v) is 9.23. The van der Waals surface area contributed by atoms with Gasteiger partial charge in [0, 0.05) is 12.3 Å². The molecule has 21 heavy (non-hydrogen) atoms. The molecule has 1 rings (SSSR count). The highest BCUT2D eigenvalue weighted by Gasteiger charge is 2.30. The van der Waals surface area contributed by atoms with Crippen LogP contribution in [0.5, 0.6) is 0 Å². The topological polar surface area (TPSA) is 95.3 Å². The minimum absolute atomic E-state index is 0.303. The van der Waals surface area contributed by atoms with Crippen molar-refractivity contribution >= 4 is 19.9 Å². The predicted molar refractivity (Wildman–Crippen MR) is 74.2 cm³/mol. The van der Waals surface area contributed by atoms with Crippen molar-refractivity contribution in [3.8, 4) is 6.07 Å². The summed E-state index contributed by atoms with van der Waals surface area (Å²) in [5.41, 5.74) is 0. The number of halogens is 1. The zero-order valence-electron chi connectivity index (χ0n) is 11.7. The van der Waals surface area contributed by atoms with Crippen LogP contribution in [0.15, 0.2) is 28.0 Å². The van der Waals surface area contributed by atoms with Gasteiger partial charge in [-0.3, -0.25) is 0 Å². The average molecular weight is 334 g/mol. The minimum Gasteiger partial charge on any atom is -0.224 e. The molecule has 0 spiro atoms. The van der Waals surface area contributed by atoms with Gasteiger partial charge in [0.2, 0.25) is 10.0 Å². The summed E-state index contributed by atoms with van der Waals surface area (Å²) in [6, 6.07) is 3.67. The standard InChI is InChI=1S/C12H15FN2O4S2/c1-9(2)15(7-6-14)21(18,19)12-8-10(20(3,16)17)4-5-11(12)13/h4-5,8-9H,7H2,1-3H3. The van der Waals surface area contributed by atoms with Gasteiger partial charge in [-0.05, 0) is 32.0 Å². The number of benzene rings is 1. The molecule has 0 aromatic heterocycles. The molecule has 1 aromatic carbocycles. The van der Waals surface area contributed by atoms with Crippen LogP contribution in [-0.2, 0) is 19.9 Å². The molecule has 0 unspecified atom stereocenters. The number of nitrogens with zero attached hydrogens (tertiary/aromatic N) is 2.